The first kappa shape index (κ1) is 20.3. The summed E-state index contributed by atoms with van der Waals surface area (Å²) in [6, 6.07) is 16.7. The van der Waals surface area contributed by atoms with Gasteiger partial charge in [0.15, 0.2) is 0 Å². The normalized spacial score (nSPS) is 14.6. The van der Waals surface area contributed by atoms with E-state index in [-0.39, 0.29) is 23.6 Å². The maximum absolute atomic E-state index is 12.4. The summed E-state index contributed by atoms with van der Waals surface area (Å²) in [7, 11) is 0. The molecule has 29 heavy (non-hydrogen) atoms. The molecule has 2 aromatic rings. The van der Waals surface area contributed by atoms with Crippen LogP contribution in [0.25, 0.3) is 6.08 Å². The van der Waals surface area contributed by atoms with Gasteiger partial charge < -0.3 is 15.5 Å². The highest BCUT2D eigenvalue weighted by molar-refractivity contribution is 5.94. The molecule has 1 aliphatic rings. The minimum atomic E-state index is -0.121. The number of hydrogen-bond donors (Lipinski definition) is 2. The summed E-state index contributed by atoms with van der Waals surface area (Å²) in [6.45, 7) is 2.59. The molecule has 6 heteroatoms. The Morgan fingerprint density at radius 2 is 1.52 bits per heavy atom. The fourth-order valence-electron chi connectivity index (χ4n) is 3.28. The van der Waals surface area contributed by atoms with Gasteiger partial charge in [-0.3, -0.25) is 14.4 Å². The number of nitrogens with one attached hydrogen (secondary N) is 2. The highest BCUT2D eigenvalue weighted by atomic mass is 16.2. The van der Waals surface area contributed by atoms with Crippen molar-refractivity contribution >= 4 is 35.2 Å². The average molecular weight is 391 g/mol. The quantitative estimate of drug-likeness (QED) is 0.766. The number of nitrogens with zero attached hydrogens (tertiary/aromatic N) is 1. The van der Waals surface area contributed by atoms with Crippen molar-refractivity contribution in [2.45, 2.75) is 19.8 Å². The fraction of sp³-hybridized carbons (Fsp3) is 0.261. The Bertz CT molecular complexity index is 883. The van der Waals surface area contributed by atoms with E-state index in [9.17, 15) is 14.4 Å². The summed E-state index contributed by atoms with van der Waals surface area (Å²) in [4.78, 5) is 37.6. The lowest BCUT2D eigenvalue weighted by Crippen LogP contribution is -2.40. The molecule has 3 amide bonds. The molecule has 2 aromatic carbocycles. The van der Waals surface area contributed by atoms with Gasteiger partial charge in [-0.15, -0.1) is 0 Å². The number of carbonyl (C=O) groups is 3. The summed E-state index contributed by atoms with van der Waals surface area (Å²) >= 11 is 0. The first-order chi connectivity index (χ1) is 14.0. The van der Waals surface area contributed by atoms with Gasteiger partial charge in [-0.25, -0.2) is 0 Å². The number of anilines is 2. The maximum atomic E-state index is 12.4. The Balaban J connectivity index is 1.47. The summed E-state index contributed by atoms with van der Waals surface area (Å²) < 4.78 is 0. The Morgan fingerprint density at radius 1 is 0.897 bits per heavy atom. The average Bonchev–Trinajstić information content (AvgIpc) is 2.73. The molecule has 0 radical (unpaired) electrons. The van der Waals surface area contributed by atoms with Gasteiger partial charge in [0.05, 0.1) is 0 Å². The monoisotopic (exact) mass is 391 g/mol. The third-order valence-electron chi connectivity index (χ3n) is 4.87. The van der Waals surface area contributed by atoms with Crippen LogP contribution >= 0.6 is 0 Å². The number of piperidine rings is 1. The van der Waals surface area contributed by atoms with Crippen LogP contribution in [0.3, 0.4) is 0 Å². The van der Waals surface area contributed by atoms with Crippen molar-refractivity contribution in [3.8, 4) is 0 Å². The van der Waals surface area contributed by atoms with Crippen LogP contribution in [0.15, 0.2) is 60.7 Å². The second-order valence-corrected chi connectivity index (χ2v) is 7.09. The zero-order valence-corrected chi connectivity index (χ0v) is 16.4. The predicted octanol–water partition coefficient (Wildman–Crippen LogP) is 3.54. The van der Waals surface area contributed by atoms with E-state index in [0.29, 0.717) is 25.9 Å². The molecule has 150 valence electrons. The van der Waals surface area contributed by atoms with Crippen molar-refractivity contribution in [3.63, 3.8) is 0 Å². The van der Waals surface area contributed by atoms with Crippen LogP contribution in [0.4, 0.5) is 11.4 Å². The minimum Gasteiger partial charge on any atom is -0.339 e. The van der Waals surface area contributed by atoms with Crippen LogP contribution in [0.1, 0.15) is 25.3 Å². The molecule has 0 aromatic heterocycles. The number of carbonyl (C=O) groups excluding carboxylic acids is 3. The molecular formula is C23H25N3O3. The molecule has 0 spiro atoms. The first-order valence-electron chi connectivity index (χ1n) is 9.72. The van der Waals surface area contributed by atoms with E-state index in [1.165, 1.54) is 6.92 Å². The lowest BCUT2D eigenvalue weighted by molar-refractivity contribution is -0.130. The summed E-state index contributed by atoms with van der Waals surface area (Å²) in [5, 5.41) is 5.64. The molecule has 1 heterocycles. The van der Waals surface area contributed by atoms with Gasteiger partial charge in [-0.1, -0.05) is 30.3 Å². The Hall–Kier alpha value is -3.41. The lowest BCUT2D eigenvalue weighted by Gasteiger charge is -2.30. The first-order valence-corrected chi connectivity index (χ1v) is 9.72. The molecule has 0 aliphatic carbocycles. The maximum Gasteiger partial charge on any atom is 0.246 e. The van der Waals surface area contributed by atoms with Crippen molar-refractivity contribution in [1.29, 1.82) is 0 Å². The van der Waals surface area contributed by atoms with Crippen LogP contribution in [0.2, 0.25) is 0 Å². The zero-order chi connectivity index (χ0) is 20.6. The van der Waals surface area contributed by atoms with E-state index >= 15 is 0 Å². The van der Waals surface area contributed by atoms with E-state index in [1.807, 2.05) is 42.5 Å². The molecule has 3 rings (SSSR count). The van der Waals surface area contributed by atoms with Gasteiger partial charge in [0.1, 0.15) is 0 Å². The second-order valence-electron chi connectivity index (χ2n) is 7.09. The van der Waals surface area contributed by atoms with E-state index in [0.717, 1.165) is 16.9 Å². The lowest BCUT2D eigenvalue weighted by atomic mass is 9.95. The van der Waals surface area contributed by atoms with E-state index < -0.39 is 0 Å². The van der Waals surface area contributed by atoms with Gasteiger partial charge in [0.2, 0.25) is 17.7 Å². The fourth-order valence-corrected chi connectivity index (χ4v) is 3.28. The Labute approximate surface area is 170 Å². The molecule has 1 saturated heterocycles. The summed E-state index contributed by atoms with van der Waals surface area (Å²) in [6.07, 6.45) is 4.62. The SMILES string of the molecule is CC(=O)Nc1ccc(/C=C/C(=O)N2CCC(C(=O)Nc3ccccc3)CC2)cc1. The van der Waals surface area contributed by atoms with Crippen molar-refractivity contribution in [3.05, 3.63) is 66.2 Å². The molecule has 6 nitrogen and oxygen atoms in total. The predicted molar refractivity (Wildman–Crippen MR) is 114 cm³/mol. The van der Waals surface area contributed by atoms with Crippen molar-refractivity contribution in [2.75, 3.05) is 23.7 Å². The molecule has 0 bridgehead atoms. The second kappa shape index (κ2) is 9.68. The molecular weight excluding hydrogens is 366 g/mol. The van der Waals surface area contributed by atoms with E-state index in [4.69, 9.17) is 0 Å². The molecule has 1 fully saturated rings. The highest BCUT2D eigenvalue weighted by Gasteiger charge is 2.26. The molecule has 0 unspecified atom stereocenters. The Morgan fingerprint density at radius 3 is 2.14 bits per heavy atom. The smallest absolute Gasteiger partial charge is 0.246 e. The van der Waals surface area contributed by atoms with Crippen molar-refractivity contribution in [2.24, 2.45) is 5.92 Å². The molecule has 0 saturated carbocycles. The van der Waals surface area contributed by atoms with Gasteiger partial charge in [-0.05, 0) is 48.7 Å². The number of para-hydroxylation sites is 1. The number of benzene rings is 2. The number of likely N-dealkylation sites (tertiary alicyclic amines) is 1. The highest BCUT2D eigenvalue weighted by Crippen LogP contribution is 2.20. The zero-order valence-electron chi connectivity index (χ0n) is 16.4. The van der Waals surface area contributed by atoms with Crippen LogP contribution in [0.5, 0.6) is 0 Å². The van der Waals surface area contributed by atoms with Gasteiger partial charge >= 0.3 is 0 Å². The largest absolute Gasteiger partial charge is 0.339 e. The van der Waals surface area contributed by atoms with Gasteiger partial charge in [0.25, 0.3) is 0 Å². The number of rotatable bonds is 5. The van der Waals surface area contributed by atoms with Gasteiger partial charge in [-0.2, -0.15) is 0 Å². The van der Waals surface area contributed by atoms with Gasteiger partial charge in [0, 0.05) is 43.4 Å². The summed E-state index contributed by atoms with van der Waals surface area (Å²) in [5.74, 6) is -0.246. The van der Waals surface area contributed by atoms with Crippen LogP contribution in [-0.4, -0.2) is 35.7 Å². The topological polar surface area (TPSA) is 78.5 Å². The standard InChI is InChI=1S/C23H25N3O3/c1-17(27)24-21-10-7-18(8-11-21)9-12-22(28)26-15-13-19(14-16-26)23(29)25-20-5-3-2-4-6-20/h2-12,19H,13-16H2,1H3,(H,24,27)(H,25,29)/b12-9+. The van der Waals surface area contributed by atoms with Crippen LogP contribution in [-0.2, 0) is 14.4 Å². The van der Waals surface area contributed by atoms with Crippen LogP contribution < -0.4 is 10.6 Å². The summed E-state index contributed by atoms with van der Waals surface area (Å²) in [5.41, 5.74) is 2.39. The molecule has 2 N–H and O–H groups in total. The van der Waals surface area contributed by atoms with Crippen molar-refractivity contribution in [1.82, 2.24) is 4.90 Å². The van der Waals surface area contributed by atoms with E-state index in [2.05, 4.69) is 10.6 Å². The van der Waals surface area contributed by atoms with Crippen LogP contribution in [0, 0.1) is 5.92 Å². The third-order valence-corrected chi connectivity index (χ3v) is 4.87. The molecule has 0 atom stereocenters. The third kappa shape index (κ3) is 6.04. The van der Waals surface area contributed by atoms with E-state index in [1.54, 1.807) is 29.2 Å². The Kier molecular flexibility index (Phi) is 6.79. The molecule has 1 aliphatic heterocycles. The number of amides is 3. The minimum absolute atomic E-state index is 0.0121. The number of hydrogen-bond acceptors (Lipinski definition) is 3. The van der Waals surface area contributed by atoms with Crippen molar-refractivity contribution < 1.29 is 14.4 Å².